The van der Waals surface area contributed by atoms with Crippen LogP contribution in [0.25, 0.3) is 0 Å². The number of amides is 1. The van der Waals surface area contributed by atoms with E-state index in [1.54, 1.807) is 30.3 Å². The summed E-state index contributed by atoms with van der Waals surface area (Å²) in [6.07, 6.45) is 2.72. The average Bonchev–Trinajstić information content (AvgIpc) is 3.01. The number of nitrogens with zero attached hydrogens (tertiary/aromatic N) is 1. The molecule has 2 rings (SSSR count). The second kappa shape index (κ2) is 6.55. The molecule has 0 aliphatic heterocycles. The summed E-state index contributed by atoms with van der Waals surface area (Å²) in [5.74, 6) is -0.228. The van der Waals surface area contributed by atoms with E-state index in [0.29, 0.717) is 29.7 Å². The van der Waals surface area contributed by atoms with Crippen LogP contribution in [0, 0.1) is 11.3 Å². The number of aliphatic hydroxyl groups excluding tert-OH is 1. The first kappa shape index (κ1) is 13.8. The molecule has 1 aromatic heterocycles. The minimum Gasteiger partial charge on any atom is -0.472 e. The Bertz CT molecular complexity index is 597. The topological polar surface area (TPSA) is 86.3 Å². The molecule has 102 valence electrons. The largest absolute Gasteiger partial charge is 0.472 e. The maximum Gasteiger partial charge on any atom is 0.251 e. The molecule has 0 aliphatic carbocycles. The monoisotopic (exact) mass is 270 g/mol. The van der Waals surface area contributed by atoms with E-state index in [4.69, 9.17) is 9.68 Å². The molecule has 20 heavy (non-hydrogen) atoms. The Morgan fingerprint density at radius 2 is 2.10 bits per heavy atom. The van der Waals surface area contributed by atoms with Crippen molar-refractivity contribution in [3.8, 4) is 6.07 Å². The zero-order valence-electron chi connectivity index (χ0n) is 10.7. The van der Waals surface area contributed by atoms with E-state index >= 15 is 0 Å². The molecule has 2 N–H and O–H groups in total. The molecule has 0 aliphatic rings. The fourth-order valence-electron chi connectivity index (χ4n) is 1.75. The smallest absolute Gasteiger partial charge is 0.251 e. The molecule has 2 aromatic rings. The predicted molar refractivity (Wildman–Crippen MR) is 71.8 cm³/mol. The molecule has 1 amide bonds. The number of hydrogen-bond acceptors (Lipinski definition) is 4. The van der Waals surface area contributed by atoms with Crippen molar-refractivity contribution in [2.45, 2.75) is 12.5 Å². The minimum atomic E-state index is -0.657. The number of furan rings is 1. The first-order chi connectivity index (χ1) is 9.70. The number of carbonyl (C=O) groups excluding carboxylic acids is 1. The van der Waals surface area contributed by atoms with Gasteiger partial charge >= 0.3 is 0 Å². The summed E-state index contributed by atoms with van der Waals surface area (Å²) >= 11 is 0. The van der Waals surface area contributed by atoms with Crippen LogP contribution in [-0.2, 0) is 0 Å². The summed E-state index contributed by atoms with van der Waals surface area (Å²) in [5, 5.41) is 21.2. The molecular formula is C15H14N2O3. The van der Waals surface area contributed by atoms with E-state index in [1.165, 1.54) is 12.5 Å². The van der Waals surface area contributed by atoms with Crippen molar-refractivity contribution in [1.29, 1.82) is 5.26 Å². The van der Waals surface area contributed by atoms with Crippen molar-refractivity contribution in [3.63, 3.8) is 0 Å². The van der Waals surface area contributed by atoms with Crippen molar-refractivity contribution < 1.29 is 14.3 Å². The van der Waals surface area contributed by atoms with Crippen LogP contribution in [0.1, 0.15) is 34.0 Å². The molecule has 1 heterocycles. The van der Waals surface area contributed by atoms with Crippen molar-refractivity contribution in [2.75, 3.05) is 6.54 Å². The number of benzene rings is 1. The van der Waals surface area contributed by atoms with Gasteiger partial charge in [0.15, 0.2) is 0 Å². The lowest BCUT2D eigenvalue weighted by molar-refractivity contribution is 0.0942. The third-order valence-corrected chi connectivity index (χ3v) is 2.91. The second-order valence-electron chi connectivity index (χ2n) is 4.31. The molecule has 0 saturated heterocycles. The van der Waals surface area contributed by atoms with Gasteiger partial charge in [-0.05, 0) is 36.8 Å². The predicted octanol–water partition coefficient (Wildman–Crippen LogP) is 2.00. The van der Waals surface area contributed by atoms with Crippen LogP contribution in [0.2, 0.25) is 0 Å². The molecule has 5 heteroatoms. The van der Waals surface area contributed by atoms with Gasteiger partial charge in [-0.1, -0.05) is 0 Å². The van der Waals surface area contributed by atoms with E-state index in [1.807, 2.05) is 6.07 Å². The number of nitriles is 1. The Morgan fingerprint density at radius 1 is 1.35 bits per heavy atom. The number of aliphatic hydroxyl groups is 1. The van der Waals surface area contributed by atoms with Crippen molar-refractivity contribution in [3.05, 3.63) is 59.5 Å². The number of rotatable bonds is 5. The molecule has 0 radical (unpaired) electrons. The Balaban J connectivity index is 1.81. The lowest BCUT2D eigenvalue weighted by Gasteiger charge is -2.09. The van der Waals surface area contributed by atoms with Crippen LogP contribution in [0.3, 0.4) is 0 Å². The summed E-state index contributed by atoms with van der Waals surface area (Å²) in [5.41, 5.74) is 1.69. The lowest BCUT2D eigenvalue weighted by atomic mass is 10.1. The molecule has 1 atom stereocenters. The molecule has 0 fully saturated rings. The van der Waals surface area contributed by atoms with Gasteiger partial charge in [-0.3, -0.25) is 4.79 Å². The lowest BCUT2D eigenvalue weighted by Crippen LogP contribution is -2.25. The zero-order valence-corrected chi connectivity index (χ0v) is 10.7. The van der Waals surface area contributed by atoms with Crippen LogP contribution < -0.4 is 5.32 Å². The quantitative estimate of drug-likeness (QED) is 0.870. The Hall–Kier alpha value is -2.58. The van der Waals surface area contributed by atoms with Gasteiger partial charge in [0.2, 0.25) is 0 Å². The van der Waals surface area contributed by atoms with Crippen molar-refractivity contribution in [1.82, 2.24) is 5.32 Å². The fourth-order valence-corrected chi connectivity index (χ4v) is 1.75. The van der Waals surface area contributed by atoms with Gasteiger partial charge in [-0.25, -0.2) is 0 Å². The van der Waals surface area contributed by atoms with Gasteiger partial charge in [-0.15, -0.1) is 0 Å². The summed E-state index contributed by atoms with van der Waals surface area (Å²) in [6, 6.07) is 10.1. The van der Waals surface area contributed by atoms with Crippen LogP contribution in [0.15, 0.2) is 47.3 Å². The van der Waals surface area contributed by atoms with E-state index in [9.17, 15) is 9.90 Å². The maximum absolute atomic E-state index is 11.8. The Labute approximate surface area is 116 Å². The van der Waals surface area contributed by atoms with E-state index < -0.39 is 6.10 Å². The highest BCUT2D eigenvalue weighted by molar-refractivity contribution is 5.94. The summed E-state index contributed by atoms with van der Waals surface area (Å²) in [4.78, 5) is 11.8. The SMILES string of the molecule is N#Cc1ccc(C(=O)NCCC(O)c2ccoc2)cc1. The maximum atomic E-state index is 11.8. The molecular weight excluding hydrogens is 256 g/mol. The van der Waals surface area contributed by atoms with Crippen LogP contribution in [-0.4, -0.2) is 17.6 Å². The van der Waals surface area contributed by atoms with Crippen molar-refractivity contribution in [2.24, 2.45) is 0 Å². The van der Waals surface area contributed by atoms with Crippen LogP contribution in [0.5, 0.6) is 0 Å². The zero-order chi connectivity index (χ0) is 14.4. The van der Waals surface area contributed by atoms with E-state index in [-0.39, 0.29) is 5.91 Å². The van der Waals surface area contributed by atoms with Crippen LogP contribution >= 0.6 is 0 Å². The van der Waals surface area contributed by atoms with E-state index in [0.717, 1.165) is 0 Å². The minimum absolute atomic E-state index is 0.228. The average molecular weight is 270 g/mol. The number of hydrogen-bond donors (Lipinski definition) is 2. The second-order valence-corrected chi connectivity index (χ2v) is 4.31. The van der Waals surface area contributed by atoms with Gasteiger partial charge < -0.3 is 14.8 Å². The first-order valence-electron chi connectivity index (χ1n) is 6.19. The molecule has 0 bridgehead atoms. The molecule has 1 aromatic carbocycles. The van der Waals surface area contributed by atoms with Gasteiger partial charge in [0.1, 0.15) is 0 Å². The van der Waals surface area contributed by atoms with Gasteiger partial charge in [0, 0.05) is 17.7 Å². The van der Waals surface area contributed by atoms with E-state index in [2.05, 4.69) is 5.32 Å². The summed E-state index contributed by atoms with van der Waals surface area (Å²) < 4.78 is 4.88. The Kier molecular flexibility index (Phi) is 4.53. The molecule has 0 spiro atoms. The number of carbonyl (C=O) groups is 1. The molecule has 0 saturated carbocycles. The van der Waals surface area contributed by atoms with Crippen molar-refractivity contribution >= 4 is 5.91 Å². The van der Waals surface area contributed by atoms with Gasteiger partial charge in [0.25, 0.3) is 5.91 Å². The highest BCUT2D eigenvalue weighted by atomic mass is 16.3. The molecule has 5 nitrogen and oxygen atoms in total. The summed E-state index contributed by atoms with van der Waals surface area (Å²) in [6.45, 7) is 0.352. The third kappa shape index (κ3) is 3.46. The van der Waals surface area contributed by atoms with Gasteiger partial charge in [0.05, 0.1) is 30.3 Å². The van der Waals surface area contributed by atoms with Gasteiger partial charge in [-0.2, -0.15) is 5.26 Å². The summed E-state index contributed by atoms with van der Waals surface area (Å²) in [7, 11) is 0. The first-order valence-corrected chi connectivity index (χ1v) is 6.19. The normalized spacial score (nSPS) is 11.6. The standard InChI is InChI=1S/C15H14N2O3/c16-9-11-1-3-12(4-2-11)15(19)17-7-5-14(18)13-6-8-20-10-13/h1-4,6,8,10,14,18H,5,7H2,(H,17,19). The molecule has 1 unspecified atom stereocenters. The Morgan fingerprint density at radius 3 is 2.70 bits per heavy atom. The number of nitrogens with one attached hydrogen (secondary N) is 1. The highest BCUT2D eigenvalue weighted by Crippen LogP contribution is 2.15. The van der Waals surface area contributed by atoms with Crippen LogP contribution in [0.4, 0.5) is 0 Å². The fraction of sp³-hybridized carbons (Fsp3) is 0.200. The third-order valence-electron chi connectivity index (χ3n) is 2.91. The highest BCUT2D eigenvalue weighted by Gasteiger charge is 2.10.